The maximum atomic E-state index is 13.9. The van der Waals surface area contributed by atoms with Crippen LogP contribution in [-0.2, 0) is 15.0 Å². The predicted octanol–water partition coefficient (Wildman–Crippen LogP) is 4.40. The van der Waals surface area contributed by atoms with Gasteiger partial charge in [-0.15, -0.1) is 0 Å². The lowest BCUT2D eigenvalue weighted by atomic mass is 9.48. The number of hydrogen-bond acceptors (Lipinski definition) is 2. The fraction of sp³-hybridized carbons (Fsp3) is 0.200. The Kier molecular flexibility index (Phi) is 3.11. The first-order chi connectivity index (χ1) is 14.0. The minimum Gasteiger partial charge on any atom is -0.274 e. The van der Waals surface area contributed by atoms with Crippen LogP contribution in [0.25, 0.3) is 0 Å². The zero-order valence-electron chi connectivity index (χ0n) is 15.8. The van der Waals surface area contributed by atoms with E-state index >= 15 is 0 Å². The van der Waals surface area contributed by atoms with E-state index in [0.717, 1.165) is 22.3 Å². The summed E-state index contributed by atoms with van der Waals surface area (Å²) in [7, 11) is 0. The fourth-order valence-electron chi connectivity index (χ4n) is 6.02. The first-order valence-electron chi connectivity index (χ1n) is 9.85. The van der Waals surface area contributed by atoms with Crippen molar-refractivity contribution < 1.29 is 14.0 Å². The minimum absolute atomic E-state index is 0.163. The van der Waals surface area contributed by atoms with E-state index in [1.54, 1.807) is 6.07 Å². The molecule has 4 heteroatoms. The van der Waals surface area contributed by atoms with Crippen molar-refractivity contribution in [3.63, 3.8) is 0 Å². The van der Waals surface area contributed by atoms with E-state index in [0.29, 0.717) is 5.69 Å². The number of halogens is 1. The lowest BCUT2D eigenvalue weighted by molar-refractivity contribution is -0.123. The van der Waals surface area contributed by atoms with Crippen LogP contribution in [0.5, 0.6) is 0 Å². The molecule has 7 rings (SSSR count). The standard InChI is InChI=1S/C25H18FNO2/c1-25-18-11-4-2-9-16(18)20(17-10-3-5-12-19(17)25)21-22(25)24(29)27(23(21)28)15-8-6-7-14(26)13-15/h2-13,20-22H,1H3/t20?,21-,22-,25?/m1/s1. The predicted molar refractivity (Wildman–Crippen MR) is 107 cm³/mol. The maximum absolute atomic E-state index is 13.9. The summed E-state index contributed by atoms with van der Waals surface area (Å²) < 4.78 is 13.9. The molecule has 0 N–H and O–H groups in total. The highest BCUT2D eigenvalue weighted by atomic mass is 19.1. The van der Waals surface area contributed by atoms with Crippen LogP contribution >= 0.6 is 0 Å². The zero-order valence-corrected chi connectivity index (χ0v) is 15.8. The maximum Gasteiger partial charge on any atom is 0.238 e. The van der Waals surface area contributed by atoms with Crippen LogP contribution in [-0.4, -0.2) is 11.8 Å². The Morgan fingerprint density at radius 2 is 1.45 bits per heavy atom. The molecule has 4 aliphatic rings. The lowest BCUT2D eigenvalue weighted by Crippen LogP contribution is -2.51. The summed E-state index contributed by atoms with van der Waals surface area (Å²) in [6.45, 7) is 2.08. The third kappa shape index (κ3) is 1.87. The van der Waals surface area contributed by atoms with Crippen molar-refractivity contribution in [2.24, 2.45) is 11.8 Å². The van der Waals surface area contributed by atoms with Gasteiger partial charge in [-0.25, -0.2) is 9.29 Å². The van der Waals surface area contributed by atoms with Crippen LogP contribution in [0.2, 0.25) is 0 Å². The molecule has 29 heavy (non-hydrogen) atoms. The molecule has 2 atom stereocenters. The molecule has 0 unspecified atom stereocenters. The van der Waals surface area contributed by atoms with E-state index in [9.17, 15) is 14.0 Å². The Hall–Kier alpha value is -3.27. The third-order valence-electron chi connectivity index (χ3n) is 7.11. The Labute approximate surface area is 167 Å². The number of imide groups is 1. The van der Waals surface area contributed by atoms with Crippen molar-refractivity contribution in [3.8, 4) is 0 Å². The molecule has 3 aliphatic carbocycles. The van der Waals surface area contributed by atoms with Gasteiger partial charge in [0.25, 0.3) is 0 Å². The molecular formula is C25H18FNO2. The molecule has 3 aromatic rings. The molecule has 1 heterocycles. The number of hydrogen-bond donors (Lipinski definition) is 0. The number of benzene rings is 3. The number of rotatable bonds is 1. The van der Waals surface area contributed by atoms with Crippen LogP contribution in [0.4, 0.5) is 10.1 Å². The van der Waals surface area contributed by atoms with Crippen molar-refractivity contribution >= 4 is 17.5 Å². The van der Waals surface area contributed by atoms with Gasteiger partial charge in [0, 0.05) is 11.3 Å². The molecule has 1 aliphatic heterocycles. The smallest absolute Gasteiger partial charge is 0.238 e. The van der Waals surface area contributed by atoms with E-state index in [1.165, 1.54) is 23.1 Å². The molecular weight excluding hydrogens is 365 g/mol. The number of anilines is 1. The average molecular weight is 383 g/mol. The molecule has 0 radical (unpaired) electrons. The van der Waals surface area contributed by atoms with Gasteiger partial charge in [-0.1, -0.05) is 61.5 Å². The fourth-order valence-corrected chi connectivity index (χ4v) is 6.02. The number of carbonyl (C=O) groups is 2. The van der Waals surface area contributed by atoms with Crippen LogP contribution < -0.4 is 4.90 Å². The molecule has 3 nitrogen and oxygen atoms in total. The topological polar surface area (TPSA) is 37.4 Å². The van der Waals surface area contributed by atoms with Gasteiger partial charge >= 0.3 is 0 Å². The zero-order chi connectivity index (χ0) is 19.9. The van der Waals surface area contributed by atoms with Gasteiger partial charge < -0.3 is 0 Å². The van der Waals surface area contributed by atoms with Crippen molar-refractivity contribution in [1.29, 1.82) is 0 Å². The first-order valence-corrected chi connectivity index (χ1v) is 9.85. The lowest BCUT2D eigenvalue weighted by Gasteiger charge is -2.52. The summed E-state index contributed by atoms with van der Waals surface area (Å²) >= 11 is 0. The molecule has 0 aromatic heterocycles. The highest BCUT2D eigenvalue weighted by Crippen LogP contribution is 2.64. The van der Waals surface area contributed by atoms with E-state index in [-0.39, 0.29) is 17.7 Å². The van der Waals surface area contributed by atoms with Crippen LogP contribution in [0, 0.1) is 17.7 Å². The molecule has 2 bridgehead atoms. The minimum atomic E-state index is -0.596. The number of carbonyl (C=O) groups excluding carboxylic acids is 2. The number of amides is 2. The highest BCUT2D eigenvalue weighted by Gasteiger charge is 2.66. The van der Waals surface area contributed by atoms with Crippen molar-refractivity contribution in [3.05, 3.63) is 101 Å². The second-order valence-corrected chi connectivity index (χ2v) is 8.35. The average Bonchev–Trinajstić information content (AvgIpc) is 3.00. The molecule has 0 spiro atoms. The van der Waals surface area contributed by atoms with E-state index in [2.05, 4.69) is 31.2 Å². The van der Waals surface area contributed by atoms with Crippen molar-refractivity contribution in [2.75, 3.05) is 4.90 Å². The largest absolute Gasteiger partial charge is 0.274 e. The summed E-state index contributed by atoms with van der Waals surface area (Å²) in [5.41, 5.74) is 4.20. The molecule has 1 saturated heterocycles. The Morgan fingerprint density at radius 1 is 0.828 bits per heavy atom. The number of nitrogens with zero attached hydrogens (tertiary/aromatic N) is 1. The summed E-state index contributed by atoms with van der Waals surface area (Å²) in [5, 5.41) is 0. The molecule has 142 valence electrons. The van der Waals surface area contributed by atoms with Crippen molar-refractivity contribution in [1.82, 2.24) is 0 Å². The summed E-state index contributed by atoms with van der Waals surface area (Å²) in [6, 6.07) is 22.0. The van der Waals surface area contributed by atoms with Gasteiger partial charge in [-0.05, 0) is 40.5 Å². The SMILES string of the molecule is CC12c3ccccc3C(c3ccccc31)[C@H]1C(=O)N(c3cccc(F)c3)C(=O)[C@@H]12. The normalized spacial score (nSPS) is 28.9. The third-order valence-corrected chi connectivity index (χ3v) is 7.11. The molecule has 3 aromatic carbocycles. The van der Waals surface area contributed by atoms with Gasteiger partial charge in [0.1, 0.15) is 5.82 Å². The summed E-state index contributed by atoms with van der Waals surface area (Å²) in [5.74, 6) is -2.05. The summed E-state index contributed by atoms with van der Waals surface area (Å²) in [4.78, 5) is 28.5. The monoisotopic (exact) mass is 383 g/mol. The molecule has 2 amide bonds. The molecule has 0 saturated carbocycles. The second-order valence-electron chi connectivity index (χ2n) is 8.35. The Balaban J connectivity index is 1.63. The van der Waals surface area contributed by atoms with E-state index < -0.39 is 23.1 Å². The van der Waals surface area contributed by atoms with E-state index in [1.807, 2.05) is 24.3 Å². The first kappa shape index (κ1) is 16.7. The second kappa shape index (κ2) is 5.41. The Morgan fingerprint density at radius 3 is 2.07 bits per heavy atom. The molecule has 1 fully saturated rings. The van der Waals surface area contributed by atoms with Gasteiger partial charge in [0.2, 0.25) is 11.8 Å². The summed E-state index contributed by atoms with van der Waals surface area (Å²) in [6.07, 6.45) is 0. The van der Waals surface area contributed by atoms with Crippen molar-refractivity contribution in [2.45, 2.75) is 18.3 Å². The van der Waals surface area contributed by atoms with Crippen LogP contribution in [0.3, 0.4) is 0 Å². The highest BCUT2D eigenvalue weighted by molar-refractivity contribution is 6.23. The van der Waals surface area contributed by atoms with Crippen LogP contribution in [0.15, 0.2) is 72.8 Å². The van der Waals surface area contributed by atoms with Gasteiger partial charge in [0.15, 0.2) is 0 Å². The van der Waals surface area contributed by atoms with Gasteiger partial charge in [0.05, 0.1) is 17.5 Å². The van der Waals surface area contributed by atoms with Gasteiger partial charge in [-0.3, -0.25) is 9.59 Å². The van der Waals surface area contributed by atoms with E-state index in [4.69, 9.17) is 0 Å². The quantitative estimate of drug-likeness (QED) is 0.584. The van der Waals surface area contributed by atoms with Gasteiger partial charge in [-0.2, -0.15) is 0 Å². The van der Waals surface area contributed by atoms with Crippen LogP contribution in [0.1, 0.15) is 35.1 Å². The Bertz CT molecular complexity index is 1170.